The quantitative estimate of drug-likeness (QED) is 0.462. The first-order chi connectivity index (χ1) is 18.1. The third-order valence-electron chi connectivity index (χ3n) is 6.82. The molecule has 0 bridgehead atoms. The summed E-state index contributed by atoms with van der Waals surface area (Å²) < 4.78 is 47.5. The molecule has 2 aromatic carbocycles. The van der Waals surface area contributed by atoms with Crippen molar-refractivity contribution >= 4 is 38.6 Å². The highest BCUT2D eigenvalue weighted by Crippen LogP contribution is 2.34. The molecule has 1 unspecified atom stereocenters. The first kappa shape index (κ1) is 25.8. The summed E-state index contributed by atoms with van der Waals surface area (Å²) in [4.78, 5) is 38.3. The summed E-state index contributed by atoms with van der Waals surface area (Å²) in [5, 5.41) is 7.57. The van der Waals surface area contributed by atoms with E-state index in [1.165, 1.54) is 21.3 Å². The maximum atomic E-state index is 13.2. The number of aromatic nitrogens is 2. The highest BCUT2D eigenvalue weighted by atomic mass is 32.2. The van der Waals surface area contributed by atoms with Crippen LogP contribution in [0.3, 0.4) is 0 Å². The Bertz CT molecular complexity index is 1510. The van der Waals surface area contributed by atoms with E-state index in [0.29, 0.717) is 28.8 Å². The first-order valence-electron chi connectivity index (χ1n) is 12.1. The topological polar surface area (TPSA) is 131 Å². The molecule has 0 radical (unpaired) electrons. The molecule has 3 amide bonds. The Kier molecular flexibility index (Phi) is 6.88. The Morgan fingerprint density at radius 1 is 1.11 bits per heavy atom. The molecule has 11 nitrogen and oxygen atoms in total. The molecule has 2 aliphatic heterocycles. The predicted molar refractivity (Wildman–Crippen MR) is 133 cm³/mol. The van der Waals surface area contributed by atoms with Gasteiger partial charge in [-0.05, 0) is 36.8 Å². The fraction of sp³-hybridized carbons (Fsp3) is 0.360. The summed E-state index contributed by atoms with van der Waals surface area (Å²) in [7, 11) is -2.07. The fourth-order valence-corrected chi connectivity index (χ4v) is 6.24. The number of imide groups is 1. The molecular weight excluding hydrogens is 517 g/mol. The Balaban J connectivity index is 1.24. The summed E-state index contributed by atoms with van der Waals surface area (Å²) in [6, 6.07) is 9.91. The summed E-state index contributed by atoms with van der Waals surface area (Å²) in [6.07, 6.45) is 0.598. The summed E-state index contributed by atoms with van der Waals surface area (Å²) in [6.45, 7) is 0.343. The lowest BCUT2D eigenvalue weighted by molar-refractivity contribution is -0.135. The lowest BCUT2D eigenvalue weighted by Crippen LogP contribution is -2.51. The summed E-state index contributed by atoms with van der Waals surface area (Å²) in [5.74, 6) is -1.65. The molecule has 1 aromatic heterocycles. The second-order valence-corrected chi connectivity index (χ2v) is 11.1. The number of amides is 3. The number of nitrogens with one attached hydrogen (secondary N) is 1. The van der Waals surface area contributed by atoms with E-state index in [2.05, 4.69) is 10.4 Å². The van der Waals surface area contributed by atoms with Crippen LogP contribution >= 0.6 is 0 Å². The number of hydrogen-bond donors (Lipinski definition) is 1. The Morgan fingerprint density at radius 2 is 1.82 bits per heavy atom. The zero-order valence-electron chi connectivity index (χ0n) is 20.6. The van der Waals surface area contributed by atoms with Crippen LogP contribution in [0.1, 0.15) is 24.5 Å². The van der Waals surface area contributed by atoms with Crippen molar-refractivity contribution in [1.82, 2.24) is 24.3 Å². The van der Waals surface area contributed by atoms with Crippen molar-refractivity contribution in [2.75, 3.05) is 32.8 Å². The Morgan fingerprint density at radius 3 is 2.50 bits per heavy atom. The number of para-hydroxylation sites is 1. The minimum absolute atomic E-state index is 0.00274. The zero-order valence-corrected chi connectivity index (χ0v) is 21.4. The number of nitrogens with zero attached hydrogens (tertiary/aromatic N) is 4. The van der Waals surface area contributed by atoms with Crippen LogP contribution in [0, 0.1) is 5.82 Å². The van der Waals surface area contributed by atoms with E-state index < -0.39 is 21.8 Å². The van der Waals surface area contributed by atoms with Gasteiger partial charge in [0, 0.05) is 45.0 Å². The largest absolute Gasteiger partial charge is 0.481 e. The standard InChI is InChI=1S/C25H26FN5O6S/c1-29-24-18(23(28-29)19-9-10-21(32)27-25(19)34)3-2-4-20(24)37-15-22(33)30-11-13-31(14-12-30)38(35,36)17-7-5-16(26)6-8-17/h2-8,19H,9-15H2,1H3,(H,27,32,34). The molecule has 0 saturated carbocycles. The van der Waals surface area contributed by atoms with E-state index in [9.17, 15) is 27.2 Å². The van der Waals surface area contributed by atoms with Crippen LogP contribution in [0.4, 0.5) is 4.39 Å². The molecule has 200 valence electrons. The van der Waals surface area contributed by atoms with Gasteiger partial charge in [0.05, 0.1) is 16.5 Å². The van der Waals surface area contributed by atoms with Gasteiger partial charge in [-0.25, -0.2) is 12.8 Å². The number of piperazine rings is 1. The molecule has 2 aliphatic rings. The van der Waals surface area contributed by atoms with Crippen LogP contribution in [0.15, 0.2) is 47.4 Å². The predicted octanol–water partition coefficient (Wildman–Crippen LogP) is 1.14. The van der Waals surface area contributed by atoms with Crippen LogP contribution in [0.25, 0.3) is 10.9 Å². The Hall–Kier alpha value is -3.84. The van der Waals surface area contributed by atoms with Crippen LogP contribution in [0.2, 0.25) is 0 Å². The van der Waals surface area contributed by atoms with Gasteiger partial charge in [-0.1, -0.05) is 12.1 Å². The van der Waals surface area contributed by atoms with Crippen LogP contribution < -0.4 is 10.1 Å². The Labute approximate surface area is 218 Å². The van der Waals surface area contributed by atoms with Crippen molar-refractivity contribution in [3.63, 3.8) is 0 Å². The number of aryl methyl sites for hydroxylation is 1. The van der Waals surface area contributed by atoms with E-state index in [0.717, 1.165) is 12.1 Å². The molecule has 13 heteroatoms. The normalized spacial score (nSPS) is 19.0. The number of benzene rings is 2. The second kappa shape index (κ2) is 10.1. The van der Waals surface area contributed by atoms with E-state index in [1.807, 2.05) is 6.07 Å². The van der Waals surface area contributed by atoms with Crippen molar-refractivity contribution < 1.29 is 31.9 Å². The molecule has 5 rings (SSSR count). The minimum atomic E-state index is -3.79. The second-order valence-electron chi connectivity index (χ2n) is 9.19. The minimum Gasteiger partial charge on any atom is -0.481 e. The maximum Gasteiger partial charge on any atom is 0.260 e. The van der Waals surface area contributed by atoms with Gasteiger partial charge < -0.3 is 9.64 Å². The lowest BCUT2D eigenvalue weighted by atomic mass is 9.93. The number of carbonyl (C=O) groups excluding carboxylic acids is 3. The number of hydrogen-bond acceptors (Lipinski definition) is 7. The molecule has 2 fully saturated rings. The average Bonchev–Trinajstić information content (AvgIpc) is 3.24. The highest BCUT2D eigenvalue weighted by molar-refractivity contribution is 7.89. The van der Waals surface area contributed by atoms with Crippen molar-refractivity contribution in [3.8, 4) is 5.75 Å². The van der Waals surface area contributed by atoms with Gasteiger partial charge in [0.2, 0.25) is 21.8 Å². The van der Waals surface area contributed by atoms with Crippen molar-refractivity contribution in [3.05, 3.63) is 54.0 Å². The molecule has 3 heterocycles. The lowest BCUT2D eigenvalue weighted by Gasteiger charge is -2.34. The first-order valence-corrected chi connectivity index (χ1v) is 13.5. The van der Waals surface area contributed by atoms with Gasteiger partial charge in [-0.15, -0.1) is 0 Å². The number of fused-ring (bicyclic) bond motifs is 1. The van der Waals surface area contributed by atoms with E-state index in [1.54, 1.807) is 23.9 Å². The van der Waals surface area contributed by atoms with E-state index >= 15 is 0 Å². The van der Waals surface area contributed by atoms with Crippen LogP contribution in [-0.2, 0) is 31.5 Å². The molecular formula is C25H26FN5O6S. The molecule has 1 N–H and O–H groups in total. The number of piperidine rings is 1. The van der Waals surface area contributed by atoms with Gasteiger partial charge in [-0.3, -0.25) is 24.4 Å². The van der Waals surface area contributed by atoms with Crippen LogP contribution in [0.5, 0.6) is 5.75 Å². The molecule has 0 aliphatic carbocycles. The smallest absolute Gasteiger partial charge is 0.260 e. The maximum absolute atomic E-state index is 13.2. The van der Waals surface area contributed by atoms with Gasteiger partial charge in [0.25, 0.3) is 5.91 Å². The monoisotopic (exact) mass is 543 g/mol. The number of carbonyl (C=O) groups is 3. The summed E-state index contributed by atoms with van der Waals surface area (Å²) in [5.41, 5.74) is 1.16. The fourth-order valence-electron chi connectivity index (χ4n) is 4.82. The molecule has 0 spiro atoms. The van der Waals surface area contributed by atoms with Crippen molar-refractivity contribution in [2.45, 2.75) is 23.7 Å². The SMILES string of the molecule is Cn1nc(C2CCC(=O)NC2=O)c2cccc(OCC(=O)N3CCN(S(=O)(=O)c4ccc(F)cc4)CC3)c21. The third kappa shape index (κ3) is 4.86. The van der Waals surface area contributed by atoms with Gasteiger partial charge in [-0.2, -0.15) is 9.40 Å². The highest BCUT2D eigenvalue weighted by Gasteiger charge is 2.33. The van der Waals surface area contributed by atoms with Gasteiger partial charge in [0.15, 0.2) is 6.61 Å². The van der Waals surface area contributed by atoms with Crippen molar-refractivity contribution in [2.24, 2.45) is 7.05 Å². The molecule has 3 aromatic rings. The van der Waals surface area contributed by atoms with E-state index in [4.69, 9.17) is 4.74 Å². The molecule has 38 heavy (non-hydrogen) atoms. The average molecular weight is 544 g/mol. The molecule has 1 atom stereocenters. The van der Waals surface area contributed by atoms with Crippen LogP contribution in [-0.4, -0.2) is 77.9 Å². The number of sulfonamides is 1. The summed E-state index contributed by atoms with van der Waals surface area (Å²) >= 11 is 0. The number of halogens is 1. The third-order valence-corrected chi connectivity index (χ3v) is 8.73. The van der Waals surface area contributed by atoms with Gasteiger partial charge >= 0.3 is 0 Å². The van der Waals surface area contributed by atoms with E-state index in [-0.39, 0.29) is 61.8 Å². The number of ether oxygens (including phenoxy) is 1. The zero-order chi connectivity index (χ0) is 27.0. The van der Waals surface area contributed by atoms with Gasteiger partial charge in [0.1, 0.15) is 17.1 Å². The molecule has 2 saturated heterocycles. The van der Waals surface area contributed by atoms with Crippen molar-refractivity contribution in [1.29, 1.82) is 0 Å². The number of rotatable bonds is 6.